The lowest BCUT2D eigenvalue weighted by Crippen LogP contribution is -2.37. The van der Waals surface area contributed by atoms with Crippen LogP contribution in [0.4, 0.5) is 5.69 Å². The Hall–Kier alpha value is -2.02. The third-order valence-corrected chi connectivity index (χ3v) is 2.62. The van der Waals surface area contributed by atoms with Gasteiger partial charge in [-0.1, -0.05) is 13.3 Å². The van der Waals surface area contributed by atoms with E-state index in [4.69, 9.17) is 5.26 Å². The van der Waals surface area contributed by atoms with E-state index in [9.17, 15) is 4.79 Å². The molecule has 0 heterocycles. The van der Waals surface area contributed by atoms with Crippen LogP contribution >= 0.6 is 0 Å². The van der Waals surface area contributed by atoms with Crippen molar-refractivity contribution in [3.8, 4) is 6.07 Å². The second-order valence-electron chi connectivity index (χ2n) is 4.20. The second-order valence-corrected chi connectivity index (χ2v) is 4.20. The summed E-state index contributed by atoms with van der Waals surface area (Å²) in [5.74, 6) is -0.00666. The fourth-order valence-electron chi connectivity index (χ4n) is 1.50. The molecule has 0 bridgehead atoms. The van der Waals surface area contributed by atoms with E-state index in [0.717, 1.165) is 18.5 Å². The molecule has 1 amide bonds. The first-order valence-electron chi connectivity index (χ1n) is 6.21. The zero-order valence-electron chi connectivity index (χ0n) is 10.9. The van der Waals surface area contributed by atoms with E-state index in [0.29, 0.717) is 12.1 Å². The molecular formula is C14H19N3O. The maximum absolute atomic E-state index is 11.7. The van der Waals surface area contributed by atoms with Crippen molar-refractivity contribution in [1.29, 1.82) is 5.26 Å². The zero-order valence-corrected chi connectivity index (χ0v) is 10.9. The molecule has 1 unspecified atom stereocenters. The first kappa shape index (κ1) is 14.0. The van der Waals surface area contributed by atoms with Crippen LogP contribution in [0.15, 0.2) is 24.3 Å². The molecular weight excluding hydrogens is 226 g/mol. The number of nitriles is 1. The lowest BCUT2D eigenvalue weighted by Gasteiger charge is -2.15. The minimum atomic E-state index is -0.283. The predicted octanol–water partition coefficient (Wildman–Crippen LogP) is 2.27. The van der Waals surface area contributed by atoms with Crippen molar-refractivity contribution in [2.75, 3.05) is 11.9 Å². The molecule has 0 radical (unpaired) electrons. The molecule has 0 aliphatic rings. The summed E-state index contributed by atoms with van der Waals surface area (Å²) in [6, 6.07) is 8.83. The first-order chi connectivity index (χ1) is 8.67. The van der Waals surface area contributed by atoms with E-state index >= 15 is 0 Å². The van der Waals surface area contributed by atoms with Gasteiger partial charge in [-0.15, -0.1) is 0 Å². The molecule has 1 atom stereocenters. The summed E-state index contributed by atoms with van der Waals surface area (Å²) in [5.41, 5.74) is 1.45. The SMILES string of the molecule is CCCCNC(=O)C(C)Nc1ccc(C#N)cc1. The third-order valence-electron chi connectivity index (χ3n) is 2.62. The molecule has 18 heavy (non-hydrogen) atoms. The maximum Gasteiger partial charge on any atom is 0.242 e. The molecule has 0 saturated carbocycles. The summed E-state index contributed by atoms with van der Waals surface area (Å²) in [7, 11) is 0. The van der Waals surface area contributed by atoms with Gasteiger partial charge < -0.3 is 10.6 Å². The fraction of sp³-hybridized carbons (Fsp3) is 0.429. The van der Waals surface area contributed by atoms with Crippen molar-refractivity contribution in [3.63, 3.8) is 0 Å². The summed E-state index contributed by atoms with van der Waals surface area (Å²) in [6.07, 6.45) is 2.06. The van der Waals surface area contributed by atoms with Gasteiger partial charge in [0.05, 0.1) is 11.6 Å². The summed E-state index contributed by atoms with van der Waals surface area (Å²) in [6.45, 7) is 4.62. The zero-order chi connectivity index (χ0) is 13.4. The van der Waals surface area contributed by atoms with Crippen LogP contribution in [0, 0.1) is 11.3 Å². The number of hydrogen-bond acceptors (Lipinski definition) is 3. The number of hydrogen-bond donors (Lipinski definition) is 2. The number of amides is 1. The van der Waals surface area contributed by atoms with Crippen LogP contribution in [0.1, 0.15) is 32.3 Å². The molecule has 0 aromatic heterocycles. The van der Waals surface area contributed by atoms with Crippen molar-refractivity contribution in [2.24, 2.45) is 0 Å². The van der Waals surface area contributed by atoms with E-state index in [1.807, 2.05) is 6.92 Å². The van der Waals surface area contributed by atoms with Crippen LogP contribution in [0.3, 0.4) is 0 Å². The number of anilines is 1. The van der Waals surface area contributed by atoms with E-state index in [1.165, 1.54) is 0 Å². The first-order valence-corrected chi connectivity index (χ1v) is 6.21. The molecule has 1 aromatic rings. The smallest absolute Gasteiger partial charge is 0.242 e. The molecule has 4 heteroatoms. The number of rotatable bonds is 6. The van der Waals surface area contributed by atoms with E-state index in [-0.39, 0.29) is 11.9 Å². The van der Waals surface area contributed by atoms with E-state index < -0.39 is 0 Å². The Morgan fingerprint density at radius 1 is 1.39 bits per heavy atom. The lowest BCUT2D eigenvalue weighted by molar-refractivity contribution is -0.121. The largest absolute Gasteiger partial charge is 0.374 e. The van der Waals surface area contributed by atoms with Gasteiger partial charge in [-0.2, -0.15) is 5.26 Å². The highest BCUT2D eigenvalue weighted by molar-refractivity contribution is 5.84. The fourth-order valence-corrected chi connectivity index (χ4v) is 1.50. The van der Waals surface area contributed by atoms with Gasteiger partial charge in [-0.3, -0.25) is 4.79 Å². The minimum Gasteiger partial charge on any atom is -0.374 e. The summed E-state index contributed by atoms with van der Waals surface area (Å²) in [5, 5.41) is 14.7. The van der Waals surface area contributed by atoms with Crippen LogP contribution in [-0.4, -0.2) is 18.5 Å². The molecule has 2 N–H and O–H groups in total. The van der Waals surface area contributed by atoms with Gasteiger partial charge in [-0.25, -0.2) is 0 Å². The van der Waals surface area contributed by atoms with Crippen LogP contribution in [0.25, 0.3) is 0 Å². The summed E-state index contributed by atoms with van der Waals surface area (Å²) in [4.78, 5) is 11.7. The summed E-state index contributed by atoms with van der Waals surface area (Å²) >= 11 is 0. The number of nitrogens with one attached hydrogen (secondary N) is 2. The highest BCUT2D eigenvalue weighted by Gasteiger charge is 2.11. The quantitative estimate of drug-likeness (QED) is 0.756. The monoisotopic (exact) mass is 245 g/mol. The second kappa shape index (κ2) is 7.33. The Labute approximate surface area is 108 Å². The van der Waals surface area contributed by atoms with Crippen molar-refractivity contribution >= 4 is 11.6 Å². The number of carbonyl (C=O) groups is 1. The molecule has 0 aliphatic carbocycles. The third kappa shape index (κ3) is 4.46. The summed E-state index contributed by atoms with van der Waals surface area (Å²) < 4.78 is 0. The molecule has 96 valence electrons. The average molecular weight is 245 g/mol. The molecule has 4 nitrogen and oxygen atoms in total. The minimum absolute atomic E-state index is 0.00666. The van der Waals surface area contributed by atoms with E-state index in [1.54, 1.807) is 24.3 Å². The molecule has 0 saturated heterocycles. The van der Waals surface area contributed by atoms with Crippen LogP contribution in [0.5, 0.6) is 0 Å². The highest BCUT2D eigenvalue weighted by atomic mass is 16.2. The number of nitrogens with zero attached hydrogens (tertiary/aromatic N) is 1. The van der Waals surface area contributed by atoms with Crippen molar-refractivity contribution < 1.29 is 4.79 Å². The number of carbonyl (C=O) groups excluding carboxylic acids is 1. The van der Waals surface area contributed by atoms with E-state index in [2.05, 4.69) is 23.6 Å². The standard InChI is InChI=1S/C14H19N3O/c1-3-4-9-16-14(18)11(2)17-13-7-5-12(10-15)6-8-13/h5-8,11,17H,3-4,9H2,1-2H3,(H,16,18). The average Bonchev–Trinajstić information content (AvgIpc) is 2.39. The highest BCUT2D eigenvalue weighted by Crippen LogP contribution is 2.10. The molecule has 1 rings (SSSR count). The van der Waals surface area contributed by atoms with Gasteiger partial charge in [0.1, 0.15) is 6.04 Å². The van der Waals surface area contributed by atoms with Crippen molar-refractivity contribution in [1.82, 2.24) is 5.32 Å². The predicted molar refractivity (Wildman–Crippen MR) is 72.2 cm³/mol. The normalized spacial score (nSPS) is 11.4. The van der Waals surface area contributed by atoms with Crippen LogP contribution < -0.4 is 10.6 Å². The Bertz CT molecular complexity index is 420. The number of benzene rings is 1. The van der Waals surface area contributed by atoms with Crippen LogP contribution in [0.2, 0.25) is 0 Å². The lowest BCUT2D eigenvalue weighted by atomic mass is 10.2. The Morgan fingerprint density at radius 3 is 2.61 bits per heavy atom. The van der Waals surface area contributed by atoms with Gasteiger partial charge in [0.25, 0.3) is 0 Å². The van der Waals surface area contributed by atoms with Crippen molar-refractivity contribution in [2.45, 2.75) is 32.7 Å². The topological polar surface area (TPSA) is 64.9 Å². The van der Waals surface area contributed by atoms with Gasteiger partial charge in [0, 0.05) is 12.2 Å². The van der Waals surface area contributed by atoms with Gasteiger partial charge in [0.15, 0.2) is 0 Å². The van der Waals surface area contributed by atoms with Gasteiger partial charge in [-0.05, 0) is 37.6 Å². The molecule has 1 aromatic carbocycles. The Balaban J connectivity index is 2.45. The van der Waals surface area contributed by atoms with Crippen LogP contribution in [-0.2, 0) is 4.79 Å². The van der Waals surface area contributed by atoms with Crippen molar-refractivity contribution in [3.05, 3.63) is 29.8 Å². The maximum atomic E-state index is 11.7. The van der Waals surface area contributed by atoms with Gasteiger partial charge in [0.2, 0.25) is 5.91 Å². The molecule has 0 spiro atoms. The Morgan fingerprint density at radius 2 is 2.06 bits per heavy atom. The molecule has 0 fully saturated rings. The van der Waals surface area contributed by atoms with Gasteiger partial charge >= 0.3 is 0 Å². The Kier molecular flexibility index (Phi) is 5.72. The molecule has 0 aliphatic heterocycles. The number of unbranched alkanes of at least 4 members (excludes halogenated alkanes) is 1.